The fourth-order valence-electron chi connectivity index (χ4n) is 1.30. The van der Waals surface area contributed by atoms with Crippen molar-refractivity contribution in [2.45, 2.75) is 13.1 Å². The minimum Gasteiger partial charge on any atom is -0.468 e. The van der Waals surface area contributed by atoms with Crippen LogP contribution in [0.2, 0.25) is 0 Å². The third kappa shape index (κ3) is 3.18. The lowest BCUT2D eigenvalue weighted by atomic mass is 10.3. The minimum absolute atomic E-state index is 0.736. The number of nitrogens with one attached hydrogen (secondary N) is 1. The van der Waals surface area contributed by atoms with Crippen LogP contribution in [0.1, 0.15) is 11.3 Å². The molecule has 0 spiro atoms. The van der Waals surface area contributed by atoms with Crippen LogP contribution in [-0.2, 0) is 13.1 Å². The Morgan fingerprint density at radius 2 is 2.27 bits per heavy atom. The van der Waals surface area contributed by atoms with Crippen molar-refractivity contribution in [1.29, 1.82) is 0 Å². The lowest BCUT2D eigenvalue weighted by Gasteiger charge is -2.02. The van der Waals surface area contributed by atoms with Crippen molar-refractivity contribution in [3.63, 3.8) is 0 Å². The Kier molecular flexibility index (Phi) is 3.53. The topological polar surface area (TPSA) is 38.1 Å². The molecule has 0 fully saturated rings. The van der Waals surface area contributed by atoms with Gasteiger partial charge in [0.15, 0.2) is 0 Å². The van der Waals surface area contributed by atoms with Gasteiger partial charge in [-0.2, -0.15) is 0 Å². The highest BCUT2D eigenvalue weighted by Crippen LogP contribution is 2.09. The normalized spacial score (nSPS) is 10.5. The van der Waals surface area contributed by atoms with E-state index in [-0.39, 0.29) is 0 Å². The number of aromatic nitrogens is 1. The molecule has 2 heterocycles. The van der Waals surface area contributed by atoms with Crippen LogP contribution in [0.25, 0.3) is 0 Å². The molecule has 0 saturated carbocycles. The van der Waals surface area contributed by atoms with Gasteiger partial charge in [0.1, 0.15) is 5.76 Å². The number of furan rings is 1. The lowest BCUT2D eigenvalue weighted by Crippen LogP contribution is -2.12. The maximum atomic E-state index is 5.21. The molecule has 0 atom stereocenters. The summed E-state index contributed by atoms with van der Waals surface area (Å²) in [5, 5.41) is 3.28. The predicted molar refractivity (Wildman–Crippen MR) is 61.2 cm³/mol. The Morgan fingerprint density at radius 3 is 3.00 bits per heavy atom. The van der Waals surface area contributed by atoms with Gasteiger partial charge in [-0.1, -0.05) is 0 Å². The first-order valence-electron chi connectivity index (χ1n) is 4.67. The van der Waals surface area contributed by atoms with Gasteiger partial charge in [-0.25, -0.2) is 0 Å². The van der Waals surface area contributed by atoms with Crippen molar-refractivity contribution < 1.29 is 4.42 Å². The third-order valence-corrected chi connectivity index (χ3v) is 2.40. The number of halogens is 1. The van der Waals surface area contributed by atoms with Gasteiger partial charge >= 0.3 is 0 Å². The fourth-order valence-corrected chi connectivity index (χ4v) is 1.71. The molecule has 2 rings (SSSR count). The van der Waals surface area contributed by atoms with Crippen LogP contribution in [0.5, 0.6) is 0 Å². The second kappa shape index (κ2) is 5.09. The third-order valence-electron chi connectivity index (χ3n) is 1.97. The van der Waals surface area contributed by atoms with Crippen LogP contribution < -0.4 is 5.32 Å². The largest absolute Gasteiger partial charge is 0.468 e. The first kappa shape index (κ1) is 10.4. The molecule has 15 heavy (non-hydrogen) atoms. The molecule has 78 valence electrons. The summed E-state index contributed by atoms with van der Waals surface area (Å²) in [6, 6.07) is 5.88. The maximum Gasteiger partial charge on any atom is 0.117 e. The van der Waals surface area contributed by atoms with Crippen LogP contribution in [0.3, 0.4) is 0 Å². The first-order chi connectivity index (χ1) is 7.34. The van der Waals surface area contributed by atoms with Gasteiger partial charge in [-0.15, -0.1) is 0 Å². The number of pyridine rings is 1. The Labute approximate surface area is 96.6 Å². The number of hydrogen-bond acceptors (Lipinski definition) is 3. The zero-order valence-electron chi connectivity index (χ0n) is 8.11. The molecule has 2 aromatic heterocycles. The van der Waals surface area contributed by atoms with Gasteiger partial charge in [-0.05, 0) is 39.7 Å². The zero-order valence-corrected chi connectivity index (χ0v) is 9.70. The quantitative estimate of drug-likeness (QED) is 0.925. The highest BCUT2D eigenvalue weighted by Gasteiger charge is 1.96. The predicted octanol–water partition coefficient (Wildman–Crippen LogP) is 2.73. The molecule has 0 radical (unpaired) electrons. The zero-order chi connectivity index (χ0) is 10.5. The number of hydrogen-bond donors (Lipinski definition) is 1. The minimum atomic E-state index is 0.736. The van der Waals surface area contributed by atoms with E-state index in [1.165, 1.54) is 0 Å². The Hall–Kier alpha value is -1.13. The Bertz CT molecular complexity index is 414. The van der Waals surface area contributed by atoms with Crippen molar-refractivity contribution >= 4 is 15.9 Å². The van der Waals surface area contributed by atoms with Crippen molar-refractivity contribution in [3.8, 4) is 0 Å². The van der Waals surface area contributed by atoms with Gasteiger partial charge in [0.05, 0.1) is 12.8 Å². The molecule has 0 aliphatic carbocycles. The lowest BCUT2D eigenvalue weighted by molar-refractivity contribution is 0.483. The van der Waals surface area contributed by atoms with Crippen LogP contribution in [-0.4, -0.2) is 4.98 Å². The molecule has 0 bridgehead atoms. The van der Waals surface area contributed by atoms with Crippen LogP contribution in [0, 0.1) is 0 Å². The summed E-state index contributed by atoms with van der Waals surface area (Å²) < 4.78 is 6.21. The average Bonchev–Trinajstić information content (AvgIpc) is 2.71. The van der Waals surface area contributed by atoms with E-state index in [2.05, 4.69) is 26.2 Å². The van der Waals surface area contributed by atoms with Gasteiger partial charge in [0.25, 0.3) is 0 Å². The smallest absolute Gasteiger partial charge is 0.117 e. The fraction of sp³-hybridized carbons (Fsp3) is 0.182. The maximum absolute atomic E-state index is 5.21. The van der Waals surface area contributed by atoms with Gasteiger partial charge in [0.2, 0.25) is 0 Å². The van der Waals surface area contributed by atoms with Crippen LogP contribution in [0.15, 0.2) is 45.7 Å². The second-order valence-electron chi connectivity index (χ2n) is 3.19. The van der Waals surface area contributed by atoms with E-state index in [0.717, 1.165) is 28.9 Å². The van der Waals surface area contributed by atoms with E-state index >= 15 is 0 Å². The van der Waals surface area contributed by atoms with E-state index in [0.29, 0.717) is 0 Å². The molecule has 0 amide bonds. The molecule has 0 aromatic carbocycles. The molecule has 4 heteroatoms. The van der Waals surface area contributed by atoms with E-state index in [1.807, 2.05) is 24.4 Å². The Morgan fingerprint density at radius 1 is 1.33 bits per heavy atom. The molecule has 1 N–H and O–H groups in total. The molecular formula is C11H11BrN2O. The molecule has 3 nitrogen and oxygen atoms in total. The summed E-state index contributed by atoms with van der Waals surface area (Å²) in [7, 11) is 0. The van der Waals surface area contributed by atoms with E-state index in [1.54, 1.807) is 12.5 Å². The van der Waals surface area contributed by atoms with Crippen molar-refractivity contribution in [1.82, 2.24) is 10.3 Å². The van der Waals surface area contributed by atoms with Crippen LogP contribution in [0.4, 0.5) is 0 Å². The van der Waals surface area contributed by atoms with Gasteiger partial charge in [0, 0.05) is 23.4 Å². The Balaban J connectivity index is 1.83. The molecular weight excluding hydrogens is 256 g/mol. The van der Waals surface area contributed by atoms with E-state index in [9.17, 15) is 0 Å². The molecule has 2 aromatic rings. The van der Waals surface area contributed by atoms with Gasteiger partial charge < -0.3 is 9.73 Å². The van der Waals surface area contributed by atoms with Crippen LogP contribution >= 0.6 is 15.9 Å². The van der Waals surface area contributed by atoms with E-state index < -0.39 is 0 Å². The van der Waals surface area contributed by atoms with Crippen molar-refractivity contribution in [2.24, 2.45) is 0 Å². The highest BCUT2D eigenvalue weighted by atomic mass is 79.9. The summed E-state index contributed by atoms with van der Waals surface area (Å²) >= 11 is 3.38. The molecule has 0 aliphatic heterocycles. The first-order valence-corrected chi connectivity index (χ1v) is 5.46. The summed E-state index contributed by atoms with van der Waals surface area (Å²) in [4.78, 5) is 4.09. The van der Waals surface area contributed by atoms with Crippen molar-refractivity contribution in [2.75, 3.05) is 0 Å². The standard InChI is InChI=1S/C11H11BrN2O/c12-10-4-9(5-13-7-10)6-14-8-11-2-1-3-15-11/h1-5,7,14H,6,8H2. The molecule has 0 aliphatic rings. The highest BCUT2D eigenvalue weighted by molar-refractivity contribution is 9.10. The summed E-state index contributed by atoms with van der Waals surface area (Å²) in [6.07, 6.45) is 5.30. The molecule has 0 saturated heterocycles. The number of nitrogens with zero attached hydrogens (tertiary/aromatic N) is 1. The summed E-state index contributed by atoms with van der Waals surface area (Å²) in [5.41, 5.74) is 1.15. The number of rotatable bonds is 4. The second-order valence-corrected chi connectivity index (χ2v) is 4.11. The average molecular weight is 267 g/mol. The van der Waals surface area contributed by atoms with E-state index in [4.69, 9.17) is 4.42 Å². The van der Waals surface area contributed by atoms with Crippen molar-refractivity contribution in [3.05, 3.63) is 52.7 Å². The summed E-state index contributed by atoms with van der Waals surface area (Å²) in [5.74, 6) is 0.943. The molecule has 0 unspecified atom stereocenters. The SMILES string of the molecule is Brc1cncc(CNCc2ccco2)c1. The van der Waals surface area contributed by atoms with Gasteiger partial charge in [-0.3, -0.25) is 4.98 Å². The summed E-state index contributed by atoms with van der Waals surface area (Å²) in [6.45, 7) is 1.52. The monoisotopic (exact) mass is 266 g/mol.